The van der Waals surface area contributed by atoms with Crippen LogP contribution in [-0.2, 0) is 4.74 Å². The first-order valence-electron chi connectivity index (χ1n) is 9.22. The maximum absolute atomic E-state index is 12.8. The van der Waals surface area contributed by atoms with Gasteiger partial charge in [-0.25, -0.2) is 4.98 Å². The summed E-state index contributed by atoms with van der Waals surface area (Å²) in [7, 11) is 0. The maximum Gasteiger partial charge on any atom is 0.274 e. The summed E-state index contributed by atoms with van der Waals surface area (Å²) in [6.45, 7) is 7.10. The molecular formula is C22H23N3O2. The zero-order valence-electron chi connectivity index (χ0n) is 15.7. The topological polar surface area (TPSA) is 54.5 Å². The Balaban J connectivity index is 1.73. The van der Waals surface area contributed by atoms with Gasteiger partial charge in [0, 0.05) is 29.9 Å². The summed E-state index contributed by atoms with van der Waals surface area (Å²) in [5.74, 6) is -0.198. The number of hydrogen-bond donors (Lipinski definition) is 1. The lowest BCUT2D eigenvalue weighted by Gasteiger charge is -2.30. The van der Waals surface area contributed by atoms with E-state index in [0.29, 0.717) is 18.9 Å². The molecule has 0 aliphatic carbocycles. The Kier molecular flexibility index (Phi) is 4.77. The van der Waals surface area contributed by atoms with E-state index in [2.05, 4.69) is 28.2 Å². The quantitative estimate of drug-likeness (QED) is 0.768. The standard InChI is InChI=1S/C22H23N3O2/c1-15-3-6-17(7-4-15)23-22(26)20-14-21(25-9-11-27-12-10-25)18-13-16(2)5-8-19(18)24-20/h3-8,13-14H,9-12H2,1-2H3,(H,23,26). The highest BCUT2D eigenvalue weighted by molar-refractivity contribution is 6.06. The summed E-state index contributed by atoms with van der Waals surface area (Å²) in [6.07, 6.45) is 0. The van der Waals surface area contributed by atoms with E-state index in [1.807, 2.05) is 49.4 Å². The number of carbonyl (C=O) groups is 1. The number of pyridine rings is 1. The summed E-state index contributed by atoms with van der Waals surface area (Å²) in [5.41, 5.74) is 5.40. The van der Waals surface area contributed by atoms with Gasteiger partial charge < -0.3 is 15.0 Å². The van der Waals surface area contributed by atoms with Crippen molar-refractivity contribution >= 4 is 28.2 Å². The molecule has 2 heterocycles. The Labute approximate surface area is 159 Å². The number of anilines is 2. The van der Waals surface area contributed by atoms with Crippen LogP contribution in [0.4, 0.5) is 11.4 Å². The molecule has 5 heteroatoms. The number of ether oxygens (including phenoxy) is 1. The number of rotatable bonds is 3. The van der Waals surface area contributed by atoms with Crippen molar-refractivity contribution in [3.63, 3.8) is 0 Å². The average Bonchev–Trinajstić information content (AvgIpc) is 2.69. The van der Waals surface area contributed by atoms with Crippen LogP contribution < -0.4 is 10.2 Å². The van der Waals surface area contributed by atoms with E-state index in [1.165, 1.54) is 5.56 Å². The number of carbonyl (C=O) groups excluding carboxylic acids is 1. The molecule has 1 N–H and O–H groups in total. The van der Waals surface area contributed by atoms with Crippen LogP contribution in [0.5, 0.6) is 0 Å². The van der Waals surface area contributed by atoms with E-state index < -0.39 is 0 Å². The fourth-order valence-corrected chi connectivity index (χ4v) is 3.34. The zero-order chi connectivity index (χ0) is 18.8. The maximum atomic E-state index is 12.8. The molecule has 1 saturated heterocycles. The van der Waals surface area contributed by atoms with Crippen LogP contribution in [0.3, 0.4) is 0 Å². The van der Waals surface area contributed by atoms with Crippen LogP contribution in [0.1, 0.15) is 21.6 Å². The first kappa shape index (κ1) is 17.5. The van der Waals surface area contributed by atoms with Crippen LogP contribution in [0.25, 0.3) is 10.9 Å². The third-order valence-corrected chi connectivity index (χ3v) is 4.84. The van der Waals surface area contributed by atoms with E-state index in [1.54, 1.807) is 0 Å². The average molecular weight is 361 g/mol. The summed E-state index contributed by atoms with van der Waals surface area (Å²) in [4.78, 5) is 19.7. The van der Waals surface area contributed by atoms with Crippen molar-refractivity contribution in [2.75, 3.05) is 36.5 Å². The van der Waals surface area contributed by atoms with Gasteiger partial charge in [0.15, 0.2) is 0 Å². The van der Waals surface area contributed by atoms with Gasteiger partial charge in [0.1, 0.15) is 5.69 Å². The van der Waals surface area contributed by atoms with E-state index in [9.17, 15) is 4.79 Å². The third kappa shape index (κ3) is 3.78. The van der Waals surface area contributed by atoms with Gasteiger partial charge in [-0.05, 0) is 44.2 Å². The fourth-order valence-electron chi connectivity index (χ4n) is 3.34. The zero-order valence-corrected chi connectivity index (χ0v) is 15.7. The summed E-state index contributed by atoms with van der Waals surface area (Å²) >= 11 is 0. The molecular weight excluding hydrogens is 338 g/mol. The Morgan fingerprint density at radius 2 is 1.70 bits per heavy atom. The second kappa shape index (κ2) is 7.37. The second-order valence-corrected chi connectivity index (χ2v) is 6.97. The lowest BCUT2D eigenvalue weighted by Crippen LogP contribution is -2.36. The summed E-state index contributed by atoms with van der Waals surface area (Å²) in [6, 6.07) is 15.8. The number of aryl methyl sites for hydroxylation is 2. The van der Waals surface area contributed by atoms with E-state index in [4.69, 9.17) is 4.74 Å². The predicted octanol–water partition coefficient (Wildman–Crippen LogP) is 3.94. The molecule has 1 aliphatic heterocycles. The van der Waals surface area contributed by atoms with Crippen molar-refractivity contribution in [2.24, 2.45) is 0 Å². The highest BCUT2D eigenvalue weighted by atomic mass is 16.5. The van der Waals surface area contributed by atoms with Crippen LogP contribution in [0.15, 0.2) is 48.5 Å². The van der Waals surface area contributed by atoms with Crippen LogP contribution >= 0.6 is 0 Å². The van der Waals surface area contributed by atoms with Crippen molar-refractivity contribution in [3.8, 4) is 0 Å². The number of amides is 1. The second-order valence-electron chi connectivity index (χ2n) is 6.97. The van der Waals surface area contributed by atoms with Gasteiger partial charge in [0.25, 0.3) is 5.91 Å². The Morgan fingerprint density at radius 3 is 2.44 bits per heavy atom. The Bertz CT molecular complexity index is 977. The molecule has 3 aromatic rings. The number of nitrogens with one attached hydrogen (secondary N) is 1. The Morgan fingerprint density at radius 1 is 1.00 bits per heavy atom. The van der Waals surface area contributed by atoms with E-state index in [0.717, 1.165) is 40.9 Å². The molecule has 0 bridgehead atoms. The molecule has 0 radical (unpaired) electrons. The van der Waals surface area contributed by atoms with Gasteiger partial charge >= 0.3 is 0 Å². The molecule has 0 unspecified atom stereocenters. The first-order chi connectivity index (χ1) is 13.1. The van der Waals surface area contributed by atoms with Gasteiger partial charge in [-0.3, -0.25) is 4.79 Å². The van der Waals surface area contributed by atoms with Crippen molar-refractivity contribution in [3.05, 3.63) is 65.4 Å². The third-order valence-electron chi connectivity index (χ3n) is 4.84. The fraction of sp³-hybridized carbons (Fsp3) is 0.273. The van der Waals surface area contributed by atoms with Crippen molar-refractivity contribution < 1.29 is 9.53 Å². The van der Waals surface area contributed by atoms with Gasteiger partial charge in [-0.1, -0.05) is 29.3 Å². The minimum absolute atomic E-state index is 0.198. The SMILES string of the molecule is Cc1ccc(NC(=O)c2cc(N3CCOCC3)c3cc(C)ccc3n2)cc1. The molecule has 1 fully saturated rings. The molecule has 4 rings (SSSR count). The van der Waals surface area contributed by atoms with Crippen molar-refractivity contribution in [2.45, 2.75) is 13.8 Å². The molecule has 138 valence electrons. The van der Waals surface area contributed by atoms with Crippen LogP contribution in [0, 0.1) is 13.8 Å². The van der Waals surface area contributed by atoms with Crippen LogP contribution in [0.2, 0.25) is 0 Å². The molecule has 1 amide bonds. The van der Waals surface area contributed by atoms with E-state index in [-0.39, 0.29) is 5.91 Å². The van der Waals surface area contributed by atoms with E-state index >= 15 is 0 Å². The Hall–Kier alpha value is -2.92. The predicted molar refractivity (Wildman–Crippen MR) is 109 cm³/mol. The van der Waals surface area contributed by atoms with Gasteiger partial charge in [-0.2, -0.15) is 0 Å². The number of aromatic nitrogens is 1. The number of benzene rings is 2. The van der Waals surface area contributed by atoms with Crippen molar-refractivity contribution in [1.29, 1.82) is 0 Å². The van der Waals surface area contributed by atoms with Gasteiger partial charge in [-0.15, -0.1) is 0 Å². The lowest BCUT2D eigenvalue weighted by atomic mass is 10.1. The highest BCUT2D eigenvalue weighted by Crippen LogP contribution is 2.29. The van der Waals surface area contributed by atoms with Crippen LogP contribution in [-0.4, -0.2) is 37.2 Å². The highest BCUT2D eigenvalue weighted by Gasteiger charge is 2.18. The first-order valence-corrected chi connectivity index (χ1v) is 9.22. The lowest BCUT2D eigenvalue weighted by molar-refractivity contribution is 0.102. The monoisotopic (exact) mass is 361 g/mol. The molecule has 1 aliphatic rings. The van der Waals surface area contributed by atoms with Gasteiger partial charge in [0.05, 0.1) is 18.7 Å². The molecule has 2 aromatic carbocycles. The molecule has 0 spiro atoms. The normalized spacial score (nSPS) is 14.4. The minimum atomic E-state index is -0.198. The summed E-state index contributed by atoms with van der Waals surface area (Å²) in [5, 5.41) is 4.02. The molecule has 0 atom stereocenters. The van der Waals surface area contributed by atoms with Crippen molar-refractivity contribution in [1.82, 2.24) is 4.98 Å². The smallest absolute Gasteiger partial charge is 0.274 e. The summed E-state index contributed by atoms with van der Waals surface area (Å²) < 4.78 is 5.49. The molecule has 0 saturated carbocycles. The minimum Gasteiger partial charge on any atom is -0.378 e. The number of nitrogens with zero attached hydrogens (tertiary/aromatic N) is 2. The molecule has 5 nitrogen and oxygen atoms in total. The molecule has 27 heavy (non-hydrogen) atoms. The molecule has 1 aromatic heterocycles. The van der Waals surface area contributed by atoms with Gasteiger partial charge in [0.2, 0.25) is 0 Å². The number of hydrogen-bond acceptors (Lipinski definition) is 4. The number of fused-ring (bicyclic) bond motifs is 1. The largest absolute Gasteiger partial charge is 0.378 e. The number of morpholine rings is 1.